The maximum Gasteiger partial charge on any atom is 0.271 e. The van der Waals surface area contributed by atoms with Gasteiger partial charge in [0, 0.05) is 30.2 Å². The highest BCUT2D eigenvalue weighted by Gasteiger charge is 2.28. The average Bonchev–Trinajstić information content (AvgIpc) is 3.23. The SMILES string of the molecule is O=C(NCC1CCS(=O)(=O)C1)c1cnc2sc(Cc3ccccc3)cn2c1=O. The van der Waals surface area contributed by atoms with E-state index in [1.165, 1.54) is 21.9 Å². The number of rotatable bonds is 5. The molecule has 0 spiro atoms. The lowest BCUT2D eigenvalue weighted by Gasteiger charge is -2.09. The van der Waals surface area contributed by atoms with E-state index < -0.39 is 21.3 Å². The van der Waals surface area contributed by atoms with Crippen LogP contribution in [0.2, 0.25) is 0 Å². The van der Waals surface area contributed by atoms with Crippen LogP contribution in [0.15, 0.2) is 47.5 Å². The minimum Gasteiger partial charge on any atom is -0.352 e. The van der Waals surface area contributed by atoms with Crippen molar-refractivity contribution in [1.29, 1.82) is 0 Å². The molecule has 0 aliphatic carbocycles. The zero-order valence-corrected chi connectivity index (χ0v) is 16.6. The van der Waals surface area contributed by atoms with Crippen molar-refractivity contribution in [2.45, 2.75) is 12.8 Å². The molecule has 1 N–H and O–H groups in total. The van der Waals surface area contributed by atoms with Crippen molar-refractivity contribution in [3.63, 3.8) is 0 Å². The van der Waals surface area contributed by atoms with Gasteiger partial charge in [0.1, 0.15) is 5.56 Å². The van der Waals surface area contributed by atoms with Gasteiger partial charge < -0.3 is 5.32 Å². The molecule has 1 unspecified atom stereocenters. The molecule has 1 fully saturated rings. The molecule has 0 saturated carbocycles. The lowest BCUT2D eigenvalue weighted by atomic mass is 10.1. The van der Waals surface area contributed by atoms with Gasteiger partial charge in [0.05, 0.1) is 11.5 Å². The van der Waals surface area contributed by atoms with Crippen LogP contribution < -0.4 is 10.9 Å². The van der Waals surface area contributed by atoms with Crippen molar-refractivity contribution < 1.29 is 13.2 Å². The standard InChI is InChI=1S/C19H19N3O4S2/c23-17(20-9-14-6-7-28(25,26)12-14)16-10-21-19-22(18(16)24)11-15(27-19)8-13-4-2-1-3-5-13/h1-5,10-11,14H,6-9,12H2,(H,20,23). The Labute approximate surface area is 166 Å². The number of aromatic nitrogens is 2. The van der Waals surface area contributed by atoms with Crippen molar-refractivity contribution in [3.8, 4) is 0 Å². The van der Waals surface area contributed by atoms with Crippen molar-refractivity contribution in [3.05, 3.63) is 69.1 Å². The van der Waals surface area contributed by atoms with Gasteiger partial charge in [-0.3, -0.25) is 14.0 Å². The third-order valence-electron chi connectivity index (χ3n) is 4.80. The molecule has 28 heavy (non-hydrogen) atoms. The van der Waals surface area contributed by atoms with Gasteiger partial charge in [-0.2, -0.15) is 0 Å². The Morgan fingerprint density at radius 1 is 1.29 bits per heavy atom. The number of nitrogens with one attached hydrogen (secondary N) is 1. The van der Waals surface area contributed by atoms with Gasteiger partial charge in [-0.15, -0.1) is 11.3 Å². The lowest BCUT2D eigenvalue weighted by Crippen LogP contribution is -2.34. The van der Waals surface area contributed by atoms with Crippen LogP contribution in [0.3, 0.4) is 0 Å². The van der Waals surface area contributed by atoms with Gasteiger partial charge in [0.2, 0.25) is 0 Å². The van der Waals surface area contributed by atoms with E-state index in [2.05, 4.69) is 10.3 Å². The van der Waals surface area contributed by atoms with Crippen molar-refractivity contribution >= 4 is 32.0 Å². The summed E-state index contributed by atoms with van der Waals surface area (Å²) < 4.78 is 24.4. The van der Waals surface area contributed by atoms with E-state index in [0.29, 0.717) is 17.8 Å². The number of fused-ring (bicyclic) bond motifs is 1. The van der Waals surface area contributed by atoms with Gasteiger partial charge in [-0.05, 0) is 17.9 Å². The van der Waals surface area contributed by atoms with Crippen LogP contribution in [-0.4, -0.2) is 41.8 Å². The number of sulfone groups is 1. The number of carbonyl (C=O) groups excluding carboxylic acids is 1. The Kier molecular flexibility index (Phi) is 5.03. The molecule has 7 nitrogen and oxygen atoms in total. The molecule has 0 bridgehead atoms. The summed E-state index contributed by atoms with van der Waals surface area (Å²) in [6, 6.07) is 9.91. The van der Waals surface area contributed by atoms with Gasteiger partial charge >= 0.3 is 0 Å². The van der Waals surface area contributed by atoms with Gasteiger partial charge in [0.15, 0.2) is 14.8 Å². The maximum absolute atomic E-state index is 12.7. The molecular formula is C19H19N3O4S2. The number of benzene rings is 1. The Morgan fingerprint density at radius 3 is 2.79 bits per heavy atom. The largest absolute Gasteiger partial charge is 0.352 e. The van der Waals surface area contributed by atoms with Crippen LogP contribution in [-0.2, 0) is 16.3 Å². The maximum atomic E-state index is 12.7. The first-order chi connectivity index (χ1) is 13.4. The van der Waals surface area contributed by atoms with E-state index in [9.17, 15) is 18.0 Å². The van der Waals surface area contributed by atoms with E-state index in [4.69, 9.17) is 0 Å². The molecule has 3 aromatic rings. The molecule has 2 aromatic heterocycles. The summed E-state index contributed by atoms with van der Waals surface area (Å²) in [6.45, 7) is 0.239. The number of thiazole rings is 1. The quantitative estimate of drug-likeness (QED) is 0.679. The summed E-state index contributed by atoms with van der Waals surface area (Å²) in [5.74, 6) is -0.390. The summed E-state index contributed by atoms with van der Waals surface area (Å²) in [5, 5.41) is 2.68. The third-order valence-corrected chi connectivity index (χ3v) is 7.63. The third kappa shape index (κ3) is 4.00. The molecule has 3 heterocycles. The van der Waals surface area contributed by atoms with Crippen molar-refractivity contribution in [2.24, 2.45) is 5.92 Å². The molecule has 0 radical (unpaired) electrons. The summed E-state index contributed by atoms with van der Waals surface area (Å²) >= 11 is 1.41. The van der Waals surface area contributed by atoms with E-state index in [-0.39, 0.29) is 29.5 Å². The molecule has 1 atom stereocenters. The van der Waals surface area contributed by atoms with Gasteiger partial charge in [-0.25, -0.2) is 13.4 Å². The zero-order valence-electron chi connectivity index (χ0n) is 15.0. The lowest BCUT2D eigenvalue weighted by molar-refractivity contribution is 0.0946. The Morgan fingerprint density at radius 2 is 2.07 bits per heavy atom. The molecular weight excluding hydrogens is 398 g/mol. The number of nitrogens with zero attached hydrogens (tertiary/aromatic N) is 2. The second-order valence-electron chi connectivity index (χ2n) is 6.97. The minimum absolute atomic E-state index is 0.0394. The van der Waals surface area contributed by atoms with Crippen LogP contribution in [0.4, 0.5) is 0 Å². The topological polar surface area (TPSA) is 97.6 Å². The van der Waals surface area contributed by atoms with Crippen LogP contribution in [0, 0.1) is 5.92 Å². The molecule has 9 heteroatoms. The van der Waals surface area contributed by atoms with Crippen molar-refractivity contribution in [2.75, 3.05) is 18.1 Å². The second-order valence-corrected chi connectivity index (χ2v) is 10.3. The van der Waals surface area contributed by atoms with E-state index in [1.54, 1.807) is 6.20 Å². The van der Waals surface area contributed by atoms with E-state index >= 15 is 0 Å². The molecule has 1 aliphatic rings. The number of hydrogen-bond donors (Lipinski definition) is 1. The predicted octanol–water partition coefficient (Wildman–Crippen LogP) is 1.51. The summed E-state index contributed by atoms with van der Waals surface area (Å²) in [7, 11) is -3.00. The van der Waals surface area contributed by atoms with Gasteiger partial charge in [0.25, 0.3) is 11.5 Å². The fourth-order valence-electron chi connectivity index (χ4n) is 3.33. The minimum atomic E-state index is -3.00. The van der Waals surface area contributed by atoms with Crippen LogP contribution in [0.5, 0.6) is 0 Å². The average molecular weight is 418 g/mol. The van der Waals surface area contributed by atoms with E-state index in [0.717, 1.165) is 10.4 Å². The summed E-state index contributed by atoms with van der Waals surface area (Å²) in [6.07, 6.45) is 4.24. The summed E-state index contributed by atoms with van der Waals surface area (Å²) in [4.78, 5) is 30.9. The number of amides is 1. The van der Waals surface area contributed by atoms with Crippen molar-refractivity contribution in [1.82, 2.24) is 14.7 Å². The molecule has 1 amide bonds. The Balaban J connectivity index is 1.51. The van der Waals surface area contributed by atoms with E-state index in [1.807, 2.05) is 30.3 Å². The molecule has 1 aliphatic heterocycles. The molecule has 4 rings (SSSR count). The fourth-order valence-corrected chi connectivity index (χ4v) is 6.16. The Bertz CT molecular complexity index is 1180. The first-order valence-electron chi connectivity index (χ1n) is 8.94. The highest BCUT2D eigenvalue weighted by molar-refractivity contribution is 7.91. The molecule has 1 saturated heterocycles. The fraction of sp³-hybridized carbons (Fsp3) is 0.316. The monoisotopic (exact) mass is 417 g/mol. The number of hydrogen-bond acceptors (Lipinski definition) is 6. The molecule has 1 aromatic carbocycles. The van der Waals surface area contributed by atoms with Gasteiger partial charge in [-0.1, -0.05) is 30.3 Å². The van der Waals surface area contributed by atoms with Crippen LogP contribution >= 0.6 is 11.3 Å². The second kappa shape index (κ2) is 7.48. The van der Waals surface area contributed by atoms with Crippen LogP contribution in [0.1, 0.15) is 27.2 Å². The Hall–Kier alpha value is -2.52. The normalized spacial score (nSPS) is 18.4. The smallest absolute Gasteiger partial charge is 0.271 e. The zero-order chi connectivity index (χ0) is 19.7. The first kappa shape index (κ1) is 18.8. The first-order valence-corrected chi connectivity index (χ1v) is 11.6. The highest BCUT2D eigenvalue weighted by atomic mass is 32.2. The number of carbonyl (C=O) groups is 1. The predicted molar refractivity (Wildman–Crippen MR) is 108 cm³/mol. The highest BCUT2D eigenvalue weighted by Crippen LogP contribution is 2.19. The summed E-state index contributed by atoms with van der Waals surface area (Å²) in [5.41, 5.74) is 0.672. The molecule has 146 valence electrons. The van der Waals surface area contributed by atoms with Crippen LogP contribution in [0.25, 0.3) is 4.96 Å².